The Labute approximate surface area is 164 Å². The number of carbonyl (C=O) groups is 3. The third kappa shape index (κ3) is 4.41. The number of hydrogen-bond donors (Lipinski definition) is 2. The van der Waals surface area contributed by atoms with E-state index in [-0.39, 0.29) is 22.0 Å². The minimum absolute atomic E-state index is 0.00209. The number of methoxy groups -OCH3 is 1. The molecule has 1 aliphatic heterocycles. The summed E-state index contributed by atoms with van der Waals surface area (Å²) >= 11 is 0. The van der Waals surface area contributed by atoms with Gasteiger partial charge in [0.05, 0.1) is 7.11 Å². The monoisotopic (exact) mass is 420 g/mol. The first kappa shape index (κ1) is 20.0. The SMILES string of the molecule is COc1cc(C=C2C(=O)NC(=O)NC2=O)ccc1OS(=O)(=O)c1ccc(F)cc1. The van der Waals surface area contributed by atoms with Crippen LogP contribution in [0.1, 0.15) is 5.56 Å². The minimum atomic E-state index is -4.25. The summed E-state index contributed by atoms with van der Waals surface area (Å²) < 4.78 is 47.9. The zero-order valence-electron chi connectivity index (χ0n) is 14.8. The van der Waals surface area contributed by atoms with Crippen LogP contribution in [0.2, 0.25) is 0 Å². The summed E-state index contributed by atoms with van der Waals surface area (Å²) in [7, 11) is -2.99. The van der Waals surface area contributed by atoms with Crippen molar-refractivity contribution in [2.75, 3.05) is 7.11 Å². The van der Waals surface area contributed by atoms with E-state index in [2.05, 4.69) is 0 Å². The van der Waals surface area contributed by atoms with E-state index in [1.165, 1.54) is 31.4 Å². The zero-order valence-corrected chi connectivity index (χ0v) is 15.6. The predicted molar refractivity (Wildman–Crippen MR) is 96.9 cm³/mol. The second-order valence-electron chi connectivity index (χ2n) is 5.70. The molecule has 0 radical (unpaired) electrons. The molecule has 1 fully saturated rings. The fourth-order valence-corrected chi connectivity index (χ4v) is 3.32. The molecule has 1 saturated heterocycles. The standard InChI is InChI=1S/C18H13FN2O7S/c1-27-15-9-10(8-13-16(22)20-18(24)21-17(13)23)2-7-14(15)28-29(25,26)12-5-3-11(19)4-6-12/h2-9H,1H3,(H2,20,21,22,23,24). The van der Waals surface area contributed by atoms with Crippen LogP contribution in [-0.4, -0.2) is 33.4 Å². The van der Waals surface area contributed by atoms with Crippen molar-refractivity contribution in [1.29, 1.82) is 0 Å². The maximum absolute atomic E-state index is 13.0. The summed E-state index contributed by atoms with van der Waals surface area (Å²) in [5, 5.41) is 3.87. The fraction of sp³-hybridized carbons (Fsp3) is 0.0556. The molecule has 0 bridgehead atoms. The minimum Gasteiger partial charge on any atom is -0.493 e. The quantitative estimate of drug-likeness (QED) is 0.425. The highest BCUT2D eigenvalue weighted by atomic mass is 32.2. The molecule has 1 heterocycles. The largest absolute Gasteiger partial charge is 0.493 e. The van der Waals surface area contributed by atoms with E-state index in [4.69, 9.17) is 8.92 Å². The Kier molecular flexibility index (Phi) is 5.33. The van der Waals surface area contributed by atoms with Crippen LogP contribution in [0, 0.1) is 5.82 Å². The lowest BCUT2D eigenvalue weighted by Gasteiger charge is -2.14. The Bertz CT molecular complexity index is 1120. The van der Waals surface area contributed by atoms with Crippen molar-refractivity contribution in [3.8, 4) is 11.5 Å². The van der Waals surface area contributed by atoms with Gasteiger partial charge in [-0.3, -0.25) is 20.2 Å². The maximum Gasteiger partial charge on any atom is 0.339 e. The smallest absolute Gasteiger partial charge is 0.339 e. The van der Waals surface area contributed by atoms with Crippen molar-refractivity contribution >= 4 is 34.0 Å². The Morgan fingerprint density at radius 1 is 0.931 bits per heavy atom. The summed E-state index contributed by atoms with van der Waals surface area (Å²) in [6, 6.07) is 7.11. The highest BCUT2D eigenvalue weighted by Gasteiger charge is 2.28. The van der Waals surface area contributed by atoms with Crippen molar-refractivity contribution < 1.29 is 36.1 Å². The van der Waals surface area contributed by atoms with Crippen molar-refractivity contribution in [1.82, 2.24) is 10.6 Å². The maximum atomic E-state index is 13.0. The van der Waals surface area contributed by atoms with E-state index in [1.807, 2.05) is 10.6 Å². The third-order valence-corrected chi connectivity index (χ3v) is 4.99. The van der Waals surface area contributed by atoms with Gasteiger partial charge in [0.25, 0.3) is 11.8 Å². The van der Waals surface area contributed by atoms with Gasteiger partial charge in [0, 0.05) is 0 Å². The van der Waals surface area contributed by atoms with Crippen LogP contribution in [0.25, 0.3) is 6.08 Å². The van der Waals surface area contributed by atoms with E-state index in [0.717, 1.165) is 24.3 Å². The van der Waals surface area contributed by atoms with E-state index in [0.29, 0.717) is 5.56 Å². The summed E-state index contributed by atoms with van der Waals surface area (Å²) in [5.74, 6) is -2.52. The molecule has 1 aliphatic rings. The number of rotatable bonds is 5. The Morgan fingerprint density at radius 2 is 1.55 bits per heavy atom. The van der Waals surface area contributed by atoms with Gasteiger partial charge in [-0.25, -0.2) is 9.18 Å². The number of benzene rings is 2. The van der Waals surface area contributed by atoms with Crippen LogP contribution >= 0.6 is 0 Å². The van der Waals surface area contributed by atoms with E-state index < -0.39 is 33.8 Å². The first-order valence-corrected chi connectivity index (χ1v) is 9.37. The number of amides is 4. The average Bonchev–Trinajstić information content (AvgIpc) is 2.65. The van der Waals surface area contributed by atoms with Gasteiger partial charge >= 0.3 is 16.1 Å². The molecule has 0 aliphatic carbocycles. The Balaban J connectivity index is 1.90. The molecular formula is C18H13FN2O7S. The summed E-state index contributed by atoms with van der Waals surface area (Å²) in [6.07, 6.45) is 1.19. The molecule has 150 valence electrons. The second-order valence-corrected chi connectivity index (χ2v) is 7.24. The van der Waals surface area contributed by atoms with Crippen molar-refractivity contribution in [3.05, 3.63) is 59.4 Å². The van der Waals surface area contributed by atoms with Crippen LogP contribution in [0.5, 0.6) is 11.5 Å². The highest BCUT2D eigenvalue weighted by molar-refractivity contribution is 7.87. The van der Waals surface area contributed by atoms with Crippen molar-refractivity contribution in [2.45, 2.75) is 4.90 Å². The molecule has 0 atom stereocenters. The first-order chi connectivity index (χ1) is 13.7. The number of ether oxygens (including phenoxy) is 1. The molecule has 0 unspecified atom stereocenters. The van der Waals surface area contributed by atoms with Gasteiger partial charge < -0.3 is 8.92 Å². The lowest BCUT2D eigenvalue weighted by molar-refractivity contribution is -0.123. The molecule has 29 heavy (non-hydrogen) atoms. The summed E-state index contributed by atoms with van der Waals surface area (Å²) in [6.45, 7) is 0. The van der Waals surface area contributed by atoms with Crippen LogP contribution in [0.4, 0.5) is 9.18 Å². The van der Waals surface area contributed by atoms with Gasteiger partial charge in [-0.1, -0.05) is 6.07 Å². The Hall–Kier alpha value is -3.73. The van der Waals surface area contributed by atoms with E-state index in [1.54, 1.807) is 0 Å². The molecule has 3 rings (SSSR count). The first-order valence-electron chi connectivity index (χ1n) is 7.96. The lowest BCUT2D eigenvalue weighted by Crippen LogP contribution is -2.51. The van der Waals surface area contributed by atoms with Crippen molar-refractivity contribution in [2.24, 2.45) is 0 Å². The van der Waals surface area contributed by atoms with E-state index >= 15 is 0 Å². The number of barbiturate groups is 1. The number of imide groups is 2. The number of urea groups is 1. The van der Waals surface area contributed by atoms with Crippen molar-refractivity contribution in [3.63, 3.8) is 0 Å². The number of carbonyl (C=O) groups excluding carboxylic acids is 3. The normalized spacial score (nSPS) is 14.1. The average molecular weight is 420 g/mol. The molecule has 0 aromatic heterocycles. The molecule has 2 aromatic rings. The molecule has 2 aromatic carbocycles. The molecule has 9 nitrogen and oxygen atoms in total. The number of nitrogens with one attached hydrogen (secondary N) is 2. The van der Waals surface area contributed by atoms with Gasteiger partial charge in [-0.2, -0.15) is 8.42 Å². The van der Waals surface area contributed by atoms with Gasteiger partial charge in [-0.05, 0) is 48.0 Å². The molecule has 4 amide bonds. The molecular weight excluding hydrogens is 407 g/mol. The number of halogens is 1. The van der Waals surface area contributed by atoms with Crippen LogP contribution in [-0.2, 0) is 19.7 Å². The topological polar surface area (TPSA) is 128 Å². The second kappa shape index (κ2) is 7.72. The van der Waals surface area contributed by atoms with Gasteiger partial charge in [0.15, 0.2) is 11.5 Å². The van der Waals surface area contributed by atoms with E-state index in [9.17, 15) is 27.2 Å². The summed E-state index contributed by atoms with van der Waals surface area (Å²) in [4.78, 5) is 34.4. The zero-order chi connectivity index (χ0) is 21.2. The van der Waals surface area contributed by atoms with Gasteiger partial charge in [0.1, 0.15) is 16.3 Å². The molecule has 0 saturated carbocycles. The lowest BCUT2D eigenvalue weighted by atomic mass is 10.1. The molecule has 2 N–H and O–H groups in total. The Morgan fingerprint density at radius 3 is 2.14 bits per heavy atom. The number of hydrogen-bond acceptors (Lipinski definition) is 7. The van der Waals surface area contributed by atoms with Gasteiger partial charge in [0.2, 0.25) is 0 Å². The fourth-order valence-electron chi connectivity index (χ4n) is 2.38. The van der Waals surface area contributed by atoms with Gasteiger partial charge in [-0.15, -0.1) is 0 Å². The van der Waals surface area contributed by atoms with Crippen LogP contribution in [0.15, 0.2) is 52.9 Å². The summed E-state index contributed by atoms with van der Waals surface area (Å²) in [5.41, 5.74) is -0.0118. The van der Waals surface area contributed by atoms with Crippen LogP contribution in [0.3, 0.4) is 0 Å². The van der Waals surface area contributed by atoms with Crippen LogP contribution < -0.4 is 19.6 Å². The molecule has 11 heteroatoms. The predicted octanol–water partition coefficient (Wildman–Crippen LogP) is 1.35. The third-order valence-electron chi connectivity index (χ3n) is 3.74. The molecule has 0 spiro atoms. The highest BCUT2D eigenvalue weighted by Crippen LogP contribution is 2.31.